The molecular formula is C54H92BrFN6O3. The van der Waals surface area contributed by atoms with Crippen LogP contribution >= 0.6 is 15.9 Å². The maximum atomic E-state index is 13.5. The lowest BCUT2D eigenvalue weighted by atomic mass is 9.83. The first-order chi connectivity index (χ1) is 31.2. The summed E-state index contributed by atoms with van der Waals surface area (Å²) in [5.41, 5.74) is 5.55. The summed E-state index contributed by atoms with van der Waals surface area (Å²) in [7, 11) is 3.49. The topological polar surface area (TPSA) is 97.3 Å². The predicted molar refractivity (Wildman–Crippen MR) is 283 cm³/mol. The van der Waals surface area contributed by atoms with Crippen molar-refractivity contribution in [3.05, 3.63) is 93.6 Å². The Hall–Kier alpha value is -3.67. The second-order valence-electron chi connectivity index (χ2n) is 16.5. The smallest absolute Gasteiger partial charge is 0.242 e. The first-order valence-corrected chi connectivity index (χ1v) is 25.4. The molecule has 370 valence electrons. The molecule has 65 heavy (non-hydrogen) atoms. The van der Waals surface area contributed by atoms with Crippen LogP contribution in [0.4, 0.5) is 4.39 Å². The molecule has 1 unspecified atom stereocenters. The van der Waals surface area contributed by atoms with Gasteiger partial charge in [-0.25, -0.2) is 4.39 Å². The Labute approximate surface area is 405 Å². The van der Waals surface area contributed by atoms with E-state index in [-0.39, 0.29) is 23.9 Å². The first kappa shape index (κ1) is 63.4. The number of hydrogen-bond acceptors (Lipinski definition) is 8. The van der Waals surface area contributed by atoms with Crippen molar-refractivity contribution in [2.75, 3.05) is 53.4 Å². The molecule has 0 aromatic rings. The molecular weight excluding hydrogens is 880 g/mol. The van der Waals surface area contributed by atoms with Gasteiger partial charge in [-0.2, -0.15) is 5.10 Å². The average Bonchev–Trinajstić information content (AvgIpc) is 3.31. The van der Waals surface area contributed by atoms with Crippen LogP contribution in [-0.2, 0) is 14.4 Å². The minimum atomic E-state index is -0.593. The van der Waals surface area contributed by atoms with Crippen LogP contribution in [0.15, 0.2) is 98.7 Å². The van der Waals surface area contributed by atoms with Gasteiger partial charge in [-0.3, -0.25) is 19.5 Å². The number of carbonyl (C=O) groups excluding carboxylic acids is 3. The van der Waals surface area contributed by atoms with Crippen LogP contribution in [0.1, 0.15) is 153 Å². The average molecular weight is 972 g/mol. The number of hydrazone groups is 1. The van der Waals surface area contributed by atoms with E-state index in [1.165, 1.54) is 95.8 Å². The van der Waals surface area contributed by atoms with Crippen molar-refractivity contribution in [3.8, 4) is 0 Å². The van der Waals surface area contributed by atoms with Crippen LogP contribution < -0.4 is 10.6 Å². The number of aldehydes is 1. The summed E-state index contributed by atoms with van der Waals surface area (Å²) in [5.74, 6) is 1.17. The lowest BCUT2D eigenvalue weighted by Crippen LogP contribution is -2.42. The molecule has 0 bridgehead atoms. The Morgan fingerprint density at radius 1 is 0.954 bits per heavy atom. The fraction of sp³-hybridized carbons (Fsp3) is 0.630. The van der Waals surface area contributed by atoms with Gasteiger partial charge in [-0.1, -0.05) is 115 Å². The van der Waals surface area contributed by atoms with Crippen molar-refractivity contribution >= 4 is 40.1 Å². The largest absolute Gasteiger partial charge is 0.374 e. The van der Waals surface area contributed by atoms with E-state index in [9.17, 15) is 18.8 Å². The van der Waals surface area contributed by atoms with Crippen LogP contribution in [-0.4, -0.2) is 98.4 Å². The number of Topliss-reactive ketones (excluding diaryl/α,β-unsaturated/α-hetero) is 1. The van der Waals surface area contributed by atoms with Crippen LogP contribution in [0.3, 0.4) is 0 Å². The van der Waals surface area contributed by atoms with Gasteiger partial charge >= 0.3 is 0 Å². The van der Waals surface area contributed by atoms with Gasteiger partial charge in [-0.15, -0.1) is 0 Å². The molecule has 0 radical (unpaired) electrons. The van der Waals surface area contributed by atoms with Crippen molar-refractivity contribution in [1.29, 1.82) is 0 Å². The van der Waals surface area contributed by atoms with E-state index in [1.807, 2.05) is 51.9 Å². The third kappa shape index (κ3) is 27.5. The fourth-order valence-electron chi connectivity index (χ4n) is 7.62. The summed E-state index contributed by atoms with van der Waals surface area (Å²) in [6.07, 6.45) is 26.5. The summed E-state index contributed by atoms with van der Waals surface area (Å²) < 4.78 is 14.5. The van der Waals surface area contributed by atoms with Crippen molar-refractivity contribution in [3.63, 3.8) is 0 Å². The first-order valence-electron chi connectivity index (χ1n) is 24.6. The predicted octanol–water partition coefficient (Wildman–Crippen LogP) is 13.0. The molecule has 1 atom stereocenters. The molecule has 3 aliphatic rings. The van der Waals surface area contributed by atoms with Gasteiger partial charge in [-0.05, 0) is 158 Å². The third-order valence-electron chi connectivity index (χ3n) is 11.1. The number of rotatable bonds is 22. The van der Waals surface area contributed by atoms with Crippen molar-refractivity contribution in [2.24, 2.45) is 16.9 Å². The summed E-state index contributed by atoms with van der Waals surface area (Å²) in [6.45, 7) is 36.8. The van der Waals surface area contributed by atoms with Crippen LogP contribution in [0.25, 0.3) is 0 Å². The van der Waals surface area contributed by atoms with Crippen LogP contribution in [0.2, 0.25) is 0 Å². The molecule has 0 aromatic heterocycles. The quantitative estimate of drug-likeness (QED) is 0.0824. The lowest BCUT2D eigenvalue weighted by molar-refractivity contribution is -0.122. The van der Waals surface area contributed by atoms with Gasteiger partial charge in [0, 0.05) is 50.0 Å². The number of nitrogens with one attached hydrogen (secondary N) is 2. The van der Waals surface area contributed by atoms with Gasteiger partial charge in [0.1, 0.15) is 18.2 Å². The number of likely N-dealkylation sites (N-methyl/N-ethyl adjacent to an activating group) is 2. The molecule has 0 aromatic carbocycles. The molecule has 1 aliphatic carbocycles. The van der Waals surface area contributed by atoms with E-state index >= 15 is 0 Å². The second kappa shape index (κ2) is 39.5. The minimum absolute atomic E-state index is 0.211. The highest BCUT2D eigenvalue weighted by molar-refractivity contribution is 9.12. The minimum Gasteiger partial charge on any atom is -0.374 e. The molecule has 1 amide bonds. The second-order valence-corrected chi connectivity index (χ2v) is 17.3. The Kier molecular flexibility index (Phi) is 38.5. The Morgan fingerprint density at radius 2 is 1.55 bits per heavy atom. The third-order valence-corrected chi connectivity index (χ3v) is 11.9. The molecule has 0 spiro atoms. The van der Waals surface area contributed by atoms with Gasteiger partial charge in [0.25, 0.3) is 0 Å². The zero-order valence-corrected chi connectivity index (χ0v) is 44.8. The number of nitrogens with zero attached hydrogens (tertiary/aromatic N) is 4. The molecule has 2 heterocycles. The van der Waals surface area contributed by atoms with Gasteiger partial charge < -0.3 is 20.3 Å². The summed E-state index contributed by atoms with van der Waals surface area (Å²) >= 11 is 3.54. The Bertz CT molecular complexity index is 1590. The monoisotopic (exact) mass is 971 g/mol. The maximum Gasteiger partial charge on any atom is 0.242 e. The van der Waals surface area contributed by atoms with E-state index in [1.54, 1.807) is 27.0 Å². The Balaban J connectivity index is 0. The van der Waals surface area contributed by atoms with E-state index in [4.69, 9.17) is 0 Å². The maximum absolute atomic E-state index is 13.5. The number of allylic oxidation sites excluding steroid dienone is 12. The number of hydrogen-bond donors (Lipinski definition) is 2. The molecule has 2 aliphatic heterocycles. The fourth-order valence-corrected chi connectivity index (χ4v) is 7.86. The molecule has 2 N–H and O–H groups in total. The van der Waals surface area contributed by atoms with Gasteiger partial charge in [0.15, 0.2) is 5.78 Å². The number of ketones is 1. The molecule has 11 heteroatoms. The van der Waals surface area contributed by atoms with Crippen molar-refractivity contribution in [1.82, 2.24) is 25.4 Å². The van der Waals surface area contributed by atoms with Crippen molar-refractivity contribution in [2.45, 2.75) is 159 Å². The van der Waals surface area contributed by atoms with E-state index < -0.39 is 6.04 Å². The standard InChI is InChI=1S/C22H28BrN3O.C14H21FN2O2.C14H31N.2C2H6/c1-16-14-21(25(3)24-11-8-22(16)23)15-26-12-9-20(10-13-26)19-6-4-18(5-7-19)17(2)27;1-5-11(9-12(15)10(2)3)17-13(7-6-8-18)14(19)16-4;1-5-9-14(10-6-2)13-15(11-7-3)12-8-4;2*1-2/h4,6,8,11,14,20H,1,5,7,9-10,12-13,15H2,2-3H3;5,8-9,13,17H,1,6-7H2,2-4H3,(H,16,19);14H,5-13H2,1-4H3;2*1-2H3/b21-14-,22-8+,24-11-;11-9+;;;. The van der Waals surface area contributed by atoms with Crippen LogP contribution in [0, 0.1) is 11.8 Å². The van der Waals surface area contributed by atoms with Gasteiger partial charge in [0.05, 0.1) is 5.70 Å². The number of piperidine rings is 1. The van der Waals surface area contributed by atoms with Crippen LogP contribution in [0.5, 0.6) is 0 Å². The zero-order valence-electron chi connectivity index (χ0n) is 43.3. The van der Waals surface area contributed by atoms with E-state index in [0.717, 1.165) is 66.0 Å². The Morgan fingerprint density at radius 3 is 2.02 bits per heavy atom. The summed E-state index contributed by atoms with van der Waals surface area (Å²) in [5, 5.41) is 11.8. The SMILES string of the molecule is C=C/C(=C\C(F)=C(C)C)NC(CCC=O)C(=O)NC.C=C1/C=C(/CN2CCC(C3=CC=C(C(C)=O)CC3)CC2)N(C)/N=C\C=C/1Br.CC.CC.CCCC(CCC)CN(CCC)CCC. The number of halogens is 2. The molecule has 1 saturated heterocycles. The molecule has 1 fully saturated rings. The van der Waals surface area contributed by atoms with E-state index in [0.29, 0.717) is 23.6 Å². The summed E-state index contributed by atoms with van der Waals surface area (Å²) in [6, 6.07) is -0.593. The van der Waals surface area contributed by atoms with Gasteiger partial charge in [0.2, 0.25) is 5.91 Å². The lowest BCUT2D eigenvalue weighted by Gasteiger charge is -2.35. The highest BCUT2D eigenvalue weighted by Gasteiger charge is 2.25. The number of carbonyl (C=O) groups is 3. The molecule has 0 saturated carbocycles. The van der Waals surface area contributed by atoms with Crippen molar-refractivity contribution < 1.29 is 18.8 Å². The molecule has 3 rings (SSSR count). The highest BCUT2D eigenvalue weighted by Crippen LogP contribution is 2.32. The zero-order chi connectivity index (χ0) is 49.7. The highest BCUT2D eigenvalue weighted by atomic mass is 79.9. The van der Waals surface area contributed by atoms with E-state index in [2.05, 4.69) is 94.5 Å². The molecule has 9 nitrogen and oxygen atoms in total. The normalized spacial score (nSPS) is 17.9. The number of amides is 1. The summed E-state index contributed by atoms with van der Waals surface area (Å²) in [4.78, 5) is 38.7. The number of likely N-dealkylation sites (tertiary alicyclic amines) is 1.